The van der Waals surface area contributed by atoms with E-state index in [2.05, 4.69) is 9.88 Å². The first kappa shape index (κ1) is 20.8. The molecule has 1 heterocycles. The Labute approximate surface area is 157 Å². The highest BCUT2D eigenvalue weighted by atomic mass is 32.2. The Morgan fingerprint density at radius 2 is 1.81 bits per heavy atom. The van der Waals surface area contributed by atoms with Gasteiger partial charge in [0.2, 0.25) is 10.0 Å². The molecule has 0 atom stereocenters. The Kier molecular flexibility index (Phi) is 6.50. The lowest BCUT2D eigenvalue weighted by atomic mass is 10.0. The molecule has 0 saturated carbocycles. The summed E-state index contributed by atoms with van der Waals surface area (Å²) in [6.45, 7) is 5.95. The van der Waals surface area contributed by atoms with Crippen LogP contribution in [0.1, 0.15) is 47.1 Å². The quantitative estimate of drug-likeness (QED) is 0.538. The molecule has 9 heteroatoms. The predicted octanol–water partition coefficient (Wildman–Crippen LogP) is 2.12. The highest BCUT2D eigenvalue weighted by Crippen LogP contribution is 2.18. The van der Waals surface area contributed by atoms with Crippen molar-refractivity contribution in [1.82, 2.24) is 9.88 Å². The van der Waals surface area contributed by atoms with E-state index in [-0.39, 0.29) is 22.1 Å². The number of aromatic nitrogens is 1. The standard InChI is InChI=1S/C18H22N2O6S/c1-11(2)14-5-7-15(8-6-14)16(21)10-25-17(22)9-19-27(23,24)18-12(3)20-26-13(18)4/h5-8,11,19H,9-10H2,1-4H3. The van der Waals surface area contributed by atoms with Crippen LogP contribution in [0.2, 0.25) is 0 Å². The third-order valence-corrected chi connectivity index (χ3v) is 5.55. The van der Waals surface area contributed by atoms with Crippen molar-refractivity contribution >= 4 is 21.8 Å². The van der Waals surface area contributed by atoms with Crippen LogP contribution in [-0.4, -0.2) is 38.5 Å². The molecule has 0 saturated heterocycles. The van der Waals surface area contributed by atoms with Gasteiger partial charge in [0, 0.05) is 5.56 Å². The largest absolute Gasteiger partial charge is 0.456 e. The van der Waals surface area contributed by atoms with E-state index in [0.29, 0.717) is 11.5 Å². The molecule has 0 aliphatic rings. The smallest absolute Gasteiger partial charge is 0.321 e. The normalized spacial score (nSPS) is 11.6. The molecular weight excluding hydrogens is 372 g/mol. The fourth-order valence-electron chi connectivity index (χ4n) is 2.42. The predicted molar refractivity (Wildman–Crippen MR) is 97.0 cm³/mol. The summed E-state index contributed by atoms with van der Waals surface area (Å²) in [6, 6.07) is 7.03. The number of aryl methyl sites for hydroxylation is 2. The van der Waals surface area contributed by atoms with Crippen LogP contribution in [0.15, 0.2) is 33.7 Å². The Hall–Kier alpha value is -2.52. The van der Waals surface area contributed by atoms with Crippen LogP contribution >= 0.6 is 0 Å². The molecule has 0 spiro atoms. The summed E-state index contributed by atoms with van der Waals surface area (Å²) in [5, 5.41) is 3.56. The summed E-state index contributed by atoms with van der Waals surface area (Å²) in [7, 11) is -3.97. The zero-order chi connectivity index (χ0) is 20.2. The molecule has 2 rings (SSSR count). The Morgan fingerprint density at radius 1 is 1.19 bits per heavy atom. The fraction of sp³-hybridized carbons (Fsp3) is 0.389. The summed E-state index contributed by atoms with van der Waals surface area (Å²) in [4.78, 5) is 23.7. The molecule has 27 heavy (non-hydrogen) atoms. The van der Waals surface area contributed by atoms with Gasteiger partial charge in [0.25, 0.3) is 0 Å². The molecule has 2 aromatic rings. The van der Waals surface area contributed by atoms with Crippen molar-refractivity contribution < 1.29 is 27.3 Å². The molecule has 0 bridgehead atoms. The third-order valence-electron chi connectivity index (χ3n) is 3.91. The van der Waals surface area contributed by atoms with Crippen LogP contribution in [0.25, 0.3) is 0 Å². The fourth-order valence-corrected chi connectivity index (χ4v) is 3.71. The summed E-state index contributed by atoms with van der Waals surface area (Å²) >= 11 is 0. The highest BCUT2D eigenvalue weighted by Gasteiger charge is 2.25. The summed E-state index contributed by atoms with van der Waals surface area (Å²) in [6.07, 6.45) is 0. The molecular formula is C18H22N2O6S. The third kappa shape index (κ3) is 5.24. The zero-order valence-corrected chi connectivity index (χ0v) is 16.4. The van der Waals surface area contributed by atoms with Crippen LogP contribution in [-0.2, 0) is 19.6 Å². The number of hydrogen-bond donors (Lipinski definition) is 1. The van der Waals surface area contributed by atoms with Crippen molar-refractivity contribution in [2.24, 2.45) is 0 Å². The Bertz CT molecular complexity index is 910. The van der Waals surface area contributed by atoms with E-state index in [0.717, 1.165) is 5.56 Å². The minimum atomic E-state index is -3.97. The first-order chi connectivity index (χ1) is 12.6. The van der Waals surface area contributed by atoms with Crippen molar-refractivity contribution in [2.75, 3.05) is 13.2 Å². The summed E-state index contributed by atoms with van der Waals surface area (Å²) in [5.74, 6) is -0.768. The van der Waals surface area contributed by atoms with Gasteiger partial charge in [-0.05, 0) is 25.3 Å². The molecule has 0 radical (unpaired) electrons. The van der Waals surface area contributed by atoms with E-state index in [1.165, 1.54) is 13.8 Å². The molecule has 0 aliphatic carbocycles. The van der Waals surface area contributed by atoms with Gasteiger partial charge in [0.05, 0.1) is 0 Å². The number of nitrogens with zero attached hydrogens (tertiary/aromatic N) is 1. The van der Waals surface area contributed by atoms with Gasteiger partial charge in [0.1, 0.15) is 17.1 Å². The molecule has 146 valence electrons. The second-order valence-corrected chi connectivity index (χ2v) is 8.04. The monoisotopic (exact) mass is 394 g/mol. The van der Waals surface area contributed by atoms with Gasteiger partial charge < -0.3 is 9.26 Å². The molecule has 1 aromatic carbocycles. The van der Waals surface area contributed by atoms with E-state index in [1.807, 2.05) is 26.0 Å². The Morgan fingerprint density at radius 3 is 2.33 bits per heavy atom. The van der Waals surface area contributed by atoms with Crippen LogP contribution in [0, 0.1) is 13.8 Å². The maximum Gasteiger partial charge on any atom is 0.321 e. The first-order valence-corrected chi connectivity index (χ1v) is 9.81. The number of benzene rings is 1. The molecule has 0 unspecified atom stereocenters. The summed E-state index contributed by atoms with van der Waals surface area (Å²) in [5.41, 5.74) is 1.70. The van der Waals surface area contributed by atoms with Gasteiger partial charge in [-0.2, -0.15) is 4.72 Å². The van der Waals surface area contributed by atoms with Crippen molar-refractivity contribution in [1.29, 1.82) is 0 Å². The molecule has 8 nitrogen and oxygen atoms in total. The number of carbonyl (C=O) groups is 2. The second kappa shape index (κ2) is 8.45. The topological polar surface area (TPSA) is 116 Å². The number of hydrogen-bond acceptors (Lipinski definition) is 7. The van der Waals surface area contributed by atoms with Gasteiger partial charge in [-0.15, -0.1) is 0 Å². The number of ether oxygens (including phenoxy) is 1. The number of ketones is 1. The average molecular weight is 394 g/mol. The molecule has 0 aliphatic heterocycles. The number of esters is 1. The lowest BCUT2D eigenvalue weighted by molar-refractivity contribution is -0.141. The molecule has 1 N–H and O–H groups in total. The number of rotatable bonds is 8. The minimum Gasteiger partial charge on any atom is -0.456 e. The SMILES string of the molecule is Cc1noc(C)c1S(=O)(=O)NCC(=O)OCC(=O)c1ccc(C(C)C)cc1. The average Bonchev–Trinajstić information content (AvgIpc) is 2.97. The summed E-state index contributed by atoms with van der Waals surface area (Å²) < 4.78 is 36.2. The number of carbonyl (C=O) groups excluding carboxylic acids is 2. The van der Waals surface area contributed by atoms with Gasteiger partial charge in [-0.25, -0.2) is 8.42 Å². The van der Waals surface area contributed by atoms with Crippen molar-refractivity contribution in [3.05, 3.63) is 46.8 Å². The highest BCUT2D eigenvalue weighted by molar-refractivity contribution is 7.89. The molecule has 0 fully saturated rings. The van der Waals surface area contributed by atoms with Crippen LogP contribution in [0.4, 0.5) is 0 Å². The minimum absolute atomic E-state index is 0.114. The number of sulfonamides is 1. The van der Waals surface area contributed by atoms with Gasteiger partial charge >= 0.3 is 5.97 Å². The van der Waals surface area contributed by atoms with Gasteiger partial charge in [-0.1, -0.05) is 43.3 Å². The van der Waals surface area contributed by atoms with Crippen LogP contribution in [0.3, 0.4) is 0 Å². The van der Waals surface area contributed by atoms with Crippen LogP contribution < -0.4 is 4.72 Å². The van der Waals surface area contributed by atoms with Crippen LogP contribution in [0.5, 0.6) is 0 Å². The maximum atomic E-state index is 12.2. The van der Waals surface area contributed by atoms with Crippen molar-refractivity contribution in [3.8, 4) is 0 Å². The van der Waals surface area contributed by atoms with E-state index in [4.69, 9.17) is 9.26 Å². The second-order valence-electron chi connectivity index (χ2n) is 6.34. The lowest BCUT2D eigenvalue weighted by Gasteiger charge is -2.08. The maximum absolute atomic E-state index is 12.2. The van der Waals surface area contributed by atoms with E-state index < -0.39 is 29.1 Å². The number of Topliss-reactive ketones (excluding diaryl/α,β-unsaturated/α-hetero) is 1. The van der Waals surface area contributed by atoms with Gasteiger partial charge in [-0.3, -0.25) is 9.59 Å². The Balaban J connectivity index is 1.88. The van der Waals surface area contributed by atoms with Crippen molar-refractivity contribution in [2.45, 2.75) is 38.5 Å². The molecule has 0 amide bonds. The molecule has 1 aromatic heterocycles. The van der Waals surface area contributed by atoms with E-state index >= 15 is 0 Å². The van der Waals surface area contributed by atoms with Crippen molar-refractivity contribution in [3.63, 3.8) is 0 Å². The first-order valence-electron chi connectivity index (χ1n) is 8.33. The number of nitrogens with one attached hydrogen (secondary N) is 1. The van der Waals surface area contributed by atoms with E-state index in [1.54, 1.807) is 12.1 Å². The zero-order valence-electron chi connectivity index (χ0n) is 15.6. The van der Waals surface area contributed by atoms with Gasteiger partial charge in [0.15, 0.2) is 18.2 Å². The lowest BCUT2D eigenvalue weighted by Crippen LogP contribution is -2.32. The van der Waals surface area contributed by atoms with E-state index in [9.17, 15) is 18.0 Å².